The number of benzene rings is 3. The summed E-state index contributed by atoms with van der Waals surface area (Å²) in [5.41, 5.74) is 4.33. The van der Waals surface area contributed by atoms with E-state index in [0.717, 1.165) is 0 Å². The molecule has 1 aliphatic heterocycles. The van der Waals surface area contributed by atoms with Crippen LogP contribution in [0.2, 0.25) is 0 Å². The molecule has 0 N–H and O–H groups in total. The van der Waals surface area contributed by atoms with Gasteiger partial charge in [-0.15, -0.1) is 11.8 Å². The molecule has 0 spiro atoms. The molecule has 0 radical (unpaired) electrons. The topological polar surface area (TPSA) is 0 Å². The van der Waals surface area contributed by atoms with E-state index in [1.54, 1.807) is 0 Å². The van der Waals surface area contributed by atoms with E-state index < -0.39 is 0 Å². The maximum atomic E-state index is 2.40. The molecular formula is C22H20S. The van der Waals surface area contributed by atoms with Crippen LogP contribution in [0.3, 0.4) is 0 Å². The van der Waals surface area contributed by atoms with Crippen LogP contribution in [0.5, 0.6) is 0 Å². The van der Waals surface area contributed by atoms with E-state index >= 15 is 0 Å². The maximum absolute atomic E-state index is 2.40. The molecule has 0 saturated carbocycles. The summed E-state index contributed by atoms with van der Waals surface area (Å²) in [4.78, 5) is 1.42. The van der Waals surface area contributed by atoms with Crippen LogP contribution in [-0.4, -0.2) is 0 Å². The summed E-state index contributed by atoms with van der Waals surface area (Å²) in [7, 11) is 0. The number of thioether (sulfide) groups is 1. The maximum Gasteiger partial charge on any atom is 0.0379 e. The Bertz CT molecular complexity index is 779. The van der Waals surface area contributed by atoms with Gasteiger partial charge in [0.25, 0.3) is 0 Å². The van der Waals surface area contributed by atoms with E-state index in [1.807, 2.05) is 11.8 Å². The Morgan fingerprint density at radius 3 is 1.91 bits per heavy atom. The van der Waals surface area contributed by atoms with Gasteiger partial charge >= 0.3 is 0 Å². The third-order valence-corrected chi connectivity index (χ3v) is 6.38. The van der Waals surface area contributed by atoms with Gasteiger partial charge in [0.1, 0.15) is 0 Å². The van der Waals surface area contributed by atoms with Crippen LogP contribution in [-0.2, 0) is 0 Å². The molecule has 0 aromatic heterocycles. The van der Waals surface area contributed by atoms with Crippen molar-refractivity contribution in [1.82, 2.24) is 0 Å². The number of hydrogen-bond donors (Lipinski definition) is 0. The summed E-state index contributed by atoms with van der Waals surface area (Å²) >= 11 is 2.02. The van der Waals surface area contributed by atoms with E-state index in [2.05, 4.69) is 91.9 Å². The average molecular weight is 316 g/mol. The molecule has 0 fully saturated rings. The first-order chi connectivity index (χ1) is 11.3. The molecule has 3 aromatic rings. The van der Waals surface area contributed by atoms with Crippen molar-refractivity contribution >= 4 is 11.8 Å². The molecule has 1 aliphatic rings. The first-order valence-electron chi connectivity index (χ1n) is 8.20. The Morgan fingerprint density at radius 2 is 1.22 bits per heavy atom. The summed E-state index contributed by atoms with van der Waals surface area (Å²) in [5.74, 6) is 1.01. The van der Waals surface area contributed by atoms with Gasteiger partial charge in [-0.1, -0.05) is 85.8 Å². The minimum absolute atomic E-state index is 0.457. The van der Waals surface area contributed by atoms with Crippen LogP contribution in [0.25, 0.3) is 0 Å². The molecule has 0 amide bonds. The predicted molar refractivity (Wildman–Crippen MR) is 98.9 cm³/mol. The van der Waals surface area contributed by atoms with Gasteiger partial charge in [-0.2, -0.15) is 0 Å². The van der Waals surface area contributed by atoms with Crippen molar-refractivity contribution in [2.75, 3.05) is 0 Å². The fourth-order valence-corrected chi connectivity index (χ4v) is 5.13. The Labute approximate surface area is 142 Å². The second-order valence-electron chi connectivity index (χ2n) is 6.23. The van der Waals surface area contributed by atoms with E-state index in [1.165, 1.54) is 21.6 Å². The summed E-state index contributed by atoms with van der Waals surface area (Å²) < 4.78 is 0. The Hall–Kier alpha value is -1.99. The van der Waals surface area contributed by atoms with E-state index in [0.29, 0.717) is 17.1 Å². The molecule has 3 atom stereocenters. The molecule has 0 saturated heterocycles. The van der Waals surface area contributed by atoms with Crippen LogP contribution in [0.4, 0.5) is 0 Å². The molecule has 0 unspecified atom stereocenters. The van der Waals surface area contributed by atoms with Crippen molar-refractivity contribution in [3.63, 3.8) is 0 Å². The quantitative estimate of drug-likeness (QED) is 0.534. The van der Waals surface area contributed by atoms with Crippen LogP contribution in [0.1, 0.15) is 34.8 Å². The molecule has 1 heteroatoms. The summed E-state index contributed by atoms with van der Waals surface area (Å²) in [5, 5.41) is 0.497. The van der Waals surface area contributed by atoms with Crippen molar-refractivity contribution < 1.29 is 0 Å². The molecule has 1 heterocycles. The third kappa shape index (κ3) is 2.70. The summed E-state index contributed by atoms with van der Waals surface area (Å²) in [6, 6.07) is 30.8. The number of fused-ring (bicyclic) bond motifs is 1. The van der Waals surface area contributed by atoms with Gasteiger partial charge in [0.05, 0.1) is 0 Å². The van der Waals surface area contributed by atoms with E-state index in [4.69, 9.17) is 0 Å². The Morgan fingerprint density at radius 1 is 0.652 bits per heavy atom. The van der Waals surface area contributed by atoms with Gasteiger partial charge in [-0.3, -0.25) is 0 Å². The molecule has 23 heavy (non-hydrogen) atoms. The molecule has 114 valence electrons. The standard InChI is InChI=1S/C22H20S/c1-16-21(17-10-4-2-5-11-17)19-14-8-9-15-20(19)23-22(16)18-12-6-3-7-13-18/h2-16,21-22H,1H3/t16-,21+,22-/m1/s1. The summed E-state index contributed by atoms with van der Waals surface area (Å²) in [6.07, 6.45) is 0. The minimum atomic E-state index is 0.457. The molecule has 0 bridgehead atoms. The highest BCUT2D eigenvalue weighted by Crippen LogP contribution is 2.54. The Kier molecular flexibility index (Phi) is 3.97. The largest absolute Gasteiger partial charge is 0.117 e. The lowest BCUT2D eigenvalue weighted by Gasteiger charge is -2.38. The molecular weight excluding hydrogens is 296 g/mol. The van der Waals surface area contributed by atoms with Gasteiger partial charge < -0.3 is 0 Å². The number of rotatable bonds is 2. The van der Waals surface area contributed by atoms with Gasteiger partial charge in [0.2, 0.25) is 0 Å². The van der Waals surface area contributed by atoms with E-state index in [-0.39, 0.29) is 0 Å². The van der Waals surface area contributed by atoms with Crippen LogP contribution in [0.15, 0.2) is 89.8 Å². The fourth-order valence-electron chi connectivity index (χ4n) is 3.70. The van der Waals surface area contributed by atoms with Gasteiger partial charge in [-0.25, -0.2) is 0 Å². The first-order valence-corrected chi connectivity index (χ1v) is 9.08. The van der Waals surface area contributed by atoms with Crippen LogP contribution >= 0.6 is 11.8 Å². The SMILES string of the molecule is C[C@@H]1[C@@H](c2ccccc2)c2ccccc2S[C@H]1c1ccccc1. The normalized spacial score (nSPS) is 23.3. The monoisotopic (exact) mass is 316 g/mol. The lowest BCUT2D eigenvalue weighted by Crippen LogP contribution is -2.22. The second-order valence-corrected chi connectivity index (χ2v) is 7.42. The Balaban J connectivity index is 1.83. The van der Waals surface area contributed by atoms with E-state index in [9.17, 15) is 0 Å². The average Bonchev–Trinajstić information content (AvgIpc) is 2.63. The highest BCUT2D eigenvalue weighted by atomic mass is 32.2. The second kappa shape index (κ2) is 6.25. The summed E-state index contributed by atoms with van der Waals surface area (Å²) in [6.45, 7) is 2.40. The predicted octanol–water partition coefficient (Wildman–Crippen LogP) is 6.30. The van der Waals surface area contributed by atoms with Crippen molar-refractivity contribution in [3.05, 3.63) is 102 Å². The lowest BCUT2D eigenvalue weighted by molar-refractivity contribution is 0.485. The lowest BCUT2D eigenvalue weighted by atomic mass is 9.78. The highest BCUT2D eigenvalue weighted by molar-refractivity contribution is 7.99. The smallest absolute Gasteiger partial charge is 0.0379 e. The zero-order chi connectivity index (χ0) is 15.6. The molecule has 0 aliphatic carbocycles. The zero-order valence-corrected chi connectivity index (χ0v) is 14.0. The van der Waals surface area contributed by atoms with Gasteiger partial charge in [0, 0.05) is 16.1 Å². The van der Waals surface area contributed by atoms with Crippen LogP contribution < -0.4 is 0 Å². The zero-order valence-electron chi connectivity index (χ0n) is 13.2. The van der Waals surface area contributed by atoms with Gasteiger partial charge in [-0.05, 0) is 28.7 Å². The van der Waals surface area contributed by atoms with Gasteiger partial charge in [0.15, 0.2) is 0 Å². The van der Waals surface area contributed by atoms with Crippen molar-refractivity contribution in [1.29, 1.82) is 0 Å². The minimum Gasteiger partial charge on any atom is -0.117 e. The molecule has 3 aromatic carbocycles. The first kappa shape index (κ1) is 14.6. The molecule has 4 rings (SSSR count). The fraction of sp³-hybridized carbons (Fsp3) is 0.182. The van der Waals surface area contributed by atoms with Crippen molar-refractivity contribution in [2.45, 2.75) is 23.0 Å². The molecule has 0 nitrogen and oxygen atoms in total. The number of hydrogen-bond acceptors (Lipinski definition) is 1. The highest BCUT2D eigenvalue weighted by Gasteiger charge is 2.35. The van der Waals surface area contributed by atoms with Crippen molar-refractivity contribution in [3.8, 4) is 0 Å². The third-order valence-electron chi connectivity index (χ3n) is 4.80. The van der Waals surface area contributed by atoms with Crippen LogP contribution in [0, 0.1) is 5.92 Å². The van der Waals surface area contributed by atoms with Crippen molar-refractivity contribution in [2.24, 2.45) is 5.92 Å².